The van der Waals surface area contributed by atoms with Crippen LogP contribution >= 0.6 is 0 Å². The number of fused-ring (bicyclic) bond motifs is 1. The van der Waals surface area contributed by atoms with E-state index >= 15 is 0 Å². The lowest BCUT2D eigenvalue weighted by Crippen LogP contribution is -2.49. The zero-order chi connectivity index (χ0) is 13.4. The van der Waals surface area contributed by atoms with Crippen molar-refractivity contribution in [2.24, 2.45) is 0 Å². The predicted octanol–water partition coefficient (Wildman–Crippen LogP) is 1.72. The molecule has 1 saturated heterocycles. The van der Waals surface area contributed by atoms with Crippen LogP contribution in [0.5, 0.6) is 0 Å². The normalized spacial score (nSPS) is 26.2. The molecule has 5 nitrogen and oxygen atoms in total. The number of anilines is 2. The Bertz CT molecular complexity index is 503. The monoisotopic (exact) mass is 262 g/mol. The van der Waals surface area contributed by atoms with Crippen LogP contribution in [-0.4, -0.2) is 36.4 Å². The fourth-order valence-corrected chi connectivity index (χ4v) is 3.21. The van der Waals surface area contributed by atoms with Crippen molar-refractivity contribution in [2.75, 3.05) is 23.8 Å². The summed E-state index contributed by atoms with van der Waals surface area (Å²) in [7, 11) is 0. The molecule has 3 rings (SSSR count). The molecule has 2 unspecified atom stereocenters. The number of nitrogen functional groups attached to an aromatic ring is 1. The van der Waals surface area contributed by atoms with Crippen molar-refractivity contribution in [3.05, 3.63) is 23.8 Å². The lowest BCUT2D eigenvalue weighted by molar-refractivity contribution is 0.0257. The Morgan fingerprint density at radius 3 is 3.05 bits per heavy atom. The first-order valence-electron chi connectivity index (χ1n) is 6.68. The molecule has 2 aliphatic rings. The highest BCUT2D eigenvalue weighted by atomic mass is 16.5. The third kappa shape index (κ3) is 2.04. The standard InChI is InChI=1S/C14H18N2O3/c15-13-9(14(17)18)3-1-5-11(13)16-7-8-19-12-6-2-4-10(12)16/h1,3,5,10,12H,2,4,6-8,15H2,(H,17,18). The molecular formula is C14H18N2O3. The summed E-state index contributed by atoms with van der Waals surface area (Å²) >= 11 is 0. The van der Waals surface area contributed by atoms with Crippen molar-refractivity contribution in [3.8, 4) is 0 Å². The molecule has 5 heteroatoms. The molecule has 0 amide bonds. The van der Waals surface area contributed by atoms with Gasteiger partial charge in [-0.25, -0.2) is 4.79 Å². The molecule has 102 valence electrons. The van der Waals surface area contributed by atoms with Crippen molar-refractivity contribution in [1.29, 1.82) is 0 Å². The highest BCUT2D eigenvalue weighted by molar-refractivity contribution is 5.97. The average molecular weight is 262 g/mol. The Morgan fingerprint density at radius 1 is 1.42 bits per heavy atom. The van der Waals surface area contributed by atoms with Crippen LogP contribution in [-0.2, 0) is 4.74 Å². The number of nitrogens with zero attached hydrogens (tertiary/aromatic N) is 1. The largest absolute Gasteiger partial charge is 0.478 e. The van der Waals surface area contributed by atoms with Gasteiger partial charge >= 0.3 is 5.97 Å². The fourth-order valence-electron chi connectivity index (χ4n) is 3.21. The van der Waals surface area contributed by atoms with Crippen molar-refractivity contribution >= 4 is 17.3 Å². The molecule has 1 aliphatic heterocycles. The van der Waals surface area contributed by atoms with Crippen LogP contribution in [0.2, 0.25) is 0 Å². The number of hydrogen-bond donors (Lipinski definition) is 2. The number of rotatable bonds is 2. The van der Waals surface area contributed by atoms with Crippen LogP contribution in [0, 0.1) is 0 Å². The third-order valence-electron chi connectivity index (χ3n) is 4.11. The van der Waals surface area contributed by atoms with E-state index in [4.69, 9.17) is 15.6 Å². The molecule has 1 heterocycles. The molecule has 0 radical (unpaired) electrons. The summed E-state index contributed by atoms with van der Waals surface area (Å²) in [6.07, 6.45) is 3.59. The van der Waals surface area contributed by atoms with Gasteiger partial charge < -0.3 is 20.5 Å². The minimum absolute atomic E-state index is 0.179. The van der Waals surface area contributed by atoms with E-state index in [-0.39, 0.29) is 11.7 Å². The number of para-hydroxylation sites is 1. The molecule has 19 heavy (non-hydrogen) atoms. The summed E-state index contributed by atoms with van der Waals surface area (Å²) < 4.78 is 5.77. The van der Waals surface area contributed by atoms with E-state index in [0.717, 1.165) is 31.5 Å². The van der Waals surface area contributed by atoms with Crippen molar-refractivity contribution < 1.29 is 14.6 Å². The molecule has 0 bridgehead atoms. The minimum atomic E-state index is -0.976. The van der Waals surface area contributed by atoms with E-state index in [9.17, 15) is 4.79 Å². The van der Waals surface area contributed by atoms with Crippen molar-refractivity contribution in [1.82, 2.24) is 0 Å². The second-order valence-electron chi connectivity index (χ2n) is 5.14. The molecule has 1 aromatic carbocycles. The van der Waals surface area contributed by atoms with E-state index in [1.54, 1.807) is 12.1 Å². The van der Waals surface area contributed by atoms with E-state index in [0.29, 0.717) is 18.3 Å². The number of ether oxygens (including phenoxy) is 1. The maximum absolute atomic E-state index is 11.2. The SMILES string of the molecule is Nc1c(C(=O)O)cccc1N1CCOC2CCCC21. The molecule has 2 atom stereocenters. The number of morpholine rings is 1. The summed E-state index contributed by atoms with van der Waals surface area (Å²) in [5.74, 6) is -0.976. The van der Waals surface area contributed by atoms with Gasteiger partial charge in [0.2, 0.25) is 0 Å². The van der Waals surface area contributed by atoms with Gasteiger partial charge in [-0.05, 0) is 31.4 Å². The summed E-state index contributed by atoms with van der Waals surface area (Å²) in [4.78, 5) is 13.4. The lowest BCUT2D eigenvalue weighted by Gasteiger charge is -2.40. The molecule has 1 aromatic rings. The van der Waals surface area contributed by atoms with Gasteiger partial charge in [-0.1, -0.05) is 6.07 Å². The van der Waals surface area contributed by atoms with Gasteiger partial charge in [-0.15, -0.1) is 0 Å². The number of carboxylic acids is 1. The minimum Gasteiger partial charge on any atom is -0.478 e. The number of carboxylic acid groups (broad SMARTS) is 1. The van der Waals surface area contributed by atoms with E-state index in [1.165, 1.54) is 0 Å². The zero-order valence-corrected chi connectivity index (χ0v) is 10.7. The van der Waals surface area contributed by atoms with E-state index in [2.05, 4.69) is 4.90 Å². The van der Waals surface area contributed by atoms with E-state index in [1.807, 2.05) is 6.07 Å². The molecule has 0 aromatic heterocycles. The van der Waals surface area contributed by atoms with Gasteiger partial charge in [0.15, 0.2) is 0 Å². The van der Waals surface area contributed by atoms with Crippen LogP contribution in [0.25, 0.3) is 0 Å². The maximum atomic E-state index is 11.2. The van der Waals surface area contributed by atoms with Gasteiger partial charge in [-0.3, -0.25) is 0 Å². The van der Waals surface area contributed by atoms with Crippen LogP contribution in [0.4, 0.5) is 11.4 Å². The van der Waals surface area contributed by atoms with Gasteiger partial charge in [-0.2, -0.15) is 0 Å². The first kappa shape index (κ1) is 12.3. The Morgan fingerprint density at radius 2 is 2.26 bits per heavy atom. The summed E-state index contributed by atoms with van der Waals surface area (Å²) in [6.45, 7) is 1.45. The number of carbonyl (C=O) groups is 1. The smallest absolute Gasteiger partial charge is 0.337 e. The van der Waals surface area contributed by atoms with Gasteiger partial charge in [0, 0.05) is 6.54 Å². The van der Waals surface area contributed by atoms with Crippen LogP contribution in [0.3, 0.4) is 0 Å². The summed E-state index contributed by atoms with van der Waals surface area (Å²) in [5, 5.41) is 9.15. The molecule has 3 N–H and O–H groups in total. The van der Waals surface area contributed by atoms with Crippen LogP contribution in [0.1, 0.15) is 29.6 Å². The van der Waals surface area contributed by atoms with Crippen molar-refractivity contribution in [2.45, 2.75) is 31.4 Å². The molecule has 2 fully saturated rings. The Kier molecular flexibility index (Phi) is 3.06. The fraction of sp³-hybridized carbons (Fsp3) is 0.500. The maximum Gasteiger partial charge on any atom is 0.337 e. The number of benzene rings is 1. The zero-order valence-electron chi connectivity index (χ0n) is 10.7. The summed E-state index contributed by atoms with van der Waals surface area (Å²) in [6, 6.07) is 5.55. The predicted molar refractivity (Wildman–Crippen MR) is 72.5 cm³/mol. The first-order chi connectivity index (χ1) is 9.18. The molecule has 0 spiro atoms. The quantitative estimate of drug-likeness (QED) is 0.794. The highest BCUT2D eigenvalue weighted by Gasteiger charge is 2.37. The second kappa shape index (κ2) is 4.74. The van der Waals surface area contributed by atoms with Gasteiger partial charge in [0.05, 0.1) is 35.7 Å². The lowest BCUT2D eigenvalue weighted by atomic mass is 10.1. The summed E-state index contributed by atoms with van der Waals surface area (Å²) in [5.41, 5.74) is 7.41. The highest BCUT2D eigenvalue weighted by Crippen LogP contribution is 2.36. The second-order valence-corrected chi connectivity index (χ2v) is 5.14. The molecule has 1 aliphatic carbocycles. The van der Waals surface area contributed by atoms with Crippen LogP contribution in [0.15, 0.2) is 18.2 Å². The Labute approximate surface area is 112 Å². The first-order valence-corrected chi connectivity index (χ1v) is 6.68. The number of nitrogens with two attached hydrogens (primary N) is 1. The van der Waals surface area contributed by atoms with Gasteiger partial charge in [0.1, 0.15) is 0 Å². The topological polar surface area (TPSA) is 75.8 Å². The van der Waals surface area contributed by atoms with Gasteiger partial charge in [0.25, 0.3) is 0 Å². The Hall–Kier alpha value is -1.75. The third-order valence-corrected chi connectivity index (χ3v) is 4.11. The van der Waals surface area contributed by atoms with E-state index < -0.39 is 5.97 Å². The Balaban J connectivity index is 1.97. The average Bonchev–Trinajstić information content (AvgIpc) is 2.87. The van der Waals surface area contributed by atoms with Crippen LogP contribution < -0.4 is 10.6 Å². The molecular weight excluding hydrogens is 244 g/mol. The molecule has 1 saturated carbocycles. The van der Waals surface area contributed by atoms with Crippen molar-refractivity contribution in [3.63, 3.8) is 0 Å². The number of hydrogen-bond acceptors (Lipinski definition) is 4. The number of aromatic carboxylic acids is 1.